The van der Waals surface area contributed by atoms with Crippen molar-refractivity contribution in [2.45, 2.75) is 19.2 Å². The van der Waals surface area contributed by atoms with Gasteiger partial charge < -0.3 is 9.88 Å². The lowest BCUT2D eigenvalue weighted by Gasteiger charge is -2.07. The van der Waals surface area contributed by atoms with E-state index < -0.39 is 10.0 Å². The Morgan fingerprint density at radius 3 is 2.52 bits per heavy atom. The monoisotopic (exact) mass is 404 g/mol. The number of aromatic nitrogens is 2. The van der Waals surface area contributed by atoms with E-state index in [1.165, 1.54) is 0 Å². The molecular formula is C18H20N4O3S2. The van der Waals surface area contributed by atoms with Crippen LogP contribution in [-0.2, 0) is 29.4 Å². The SMILES string of the molecule is Cc1nc(-c2cc(C(=O)NCc3ccc(CS(N)(=O)=O)cc3)n(C)c2)cs1. The number of primary sulfonamides is 1. The van der Waals surface area contributed by atoms with Crippen LogP contribution in [0.15, 0.2) is 41.9 Å². The maximum absolute atomic E-state index is 12.5. The fourth-order valence-electron chi connectivity index (χ4n) is 2.68. The molecule has 27 heavy (non-hydrogen) atoms. The van der Waals surface area contributed by atoms with E-state index in [0.717, 1.165) is 21.8 Å². The van der Waals surface area contributed by atoms with Crippen LogP contribution in [0, 0.1) is 6.92 Å². The molecule has 0 fully saturated rings. The lowest BCUT2D eigenvalue weighted by Crippen LogP contribution is -2.24. The second-order valence-corrected chi connectivity index (χ2v) is 8.96. The van der Waals surface area contributed by atoms with Gasteiger partial charge in [0.15, 0.2) is 0 Å². The van der Waals surface area contributed by atoms with E-state index in [9.17, 15) is 13.2 Å². The number of benzene rings is 1. The fourth-order valence-corrected chi connectivity index (χ4v) is 3.96. The quantitative estimate of drug-likeness (QED) is 0.656. The molecule has 0 bridgehead atoms. The molecule has 0 unspecified atom stereocenters. The van der Waals surface area contributed by atoms with Gasteiger partial charge in [0.25, 0.3) is 5.91 Å². The number of carbonyl (C=O) groups excluding carboxylic acids is 1. The van der Waals surface area contributed by atoms with Crippen LogP contribution in [0.5, 0.6) is 0 Å². The molecule has 1 amide bonds. The van der Waals surface area contributed by atoms with Crippen LogP contribution in [0.1, 0.15) is 26.6 Å². The summed E-state index contributed by atoms with van der Waals surface area (Å²) in [4.78, 5) is 16.9. The van der Waals surface area contributed by atoms with E-state index >= 15 is 0 Å². The Kier molecular flexibility index (Phi) is 5.45. The molecule has 0 aliphatic rings. The molecule has 1 aromatic carbocycles. The number of thiazole rings is 1. The number of amides is 1. The number of rotatable bonds is 6. The van der Waals surface area contributed by atoms with Gasteiger partial charge in [0.2, 0.25) is 10.0 Å². The van der Waals surface area contributed by atoms with Gasteiger partial charge in [-0.1, -0.05) is 24.3 Å². The standard InChI is InChI=1S/C18H20N4O3S2/c1-12-21-16(10-26-12)15-7-17(22(2)9-15)18(23)20-8-13-3-5-14(6-4-13)11-27(19,24)25/h3-7,9-10H,8,11H2,1-2H3,(H,20,23)(H2,19,24,25). The van der Waals surface area contributed by atoms with Crippen molar-refractivity contribution in [2.24, 2.45) is 12.2 Å². The summed E-state index contributed by atoms with van der Waals surface area (Å²) >= 11 is 1.57. The molecule has 3 aromatic rings. The van der Waals surface area contributed by atoms with Crippen molar-refractivity contribution >= 4 is 27.3 Å². The molecular weight excluding hydrogens is 384 g/mol. The van der Waals surface area contributed by atoms with Crippen LogP contribution in [0.4, 0.5) is 0 Å². The van der Waals surface area contributed by atoms with Crippen molar-refractivity contribution in [1.82, 2.24) is 14.9 Å². The third-order valence-electron chi connectivity index (χ3n) is 4.00. The Morgan fingerprint density at radius 2 is 1.93 bits per heavy atom. The highest BCUT2D eigenvalue weighted by molar-refractivity contribution is 7.88. The van der Waals surface area contributed by atoms with E-state index in [-0.39, 0.29) is 11.7 Å². The summed E-state index contributed by atoms with van der Waals surface area (Å²) in [6, 6.07) is 8.75. The first-order chi connectivity index (χ1) is 12.7. The van der Waals surface area contributed by atoms with Gasteiger partial charge in [-0.15, -0.1) is 11.3 Å². The molecule has 3 N–H and O–H groups in total. The average Bonchev–Trinajstić information content (AvgIpc) is 3.18. The predicted molar refractivity (Wildman–Crippen MR) is 106 cm³/mol. The highest BCUT2D eigenvalue weighted by atomic mass is 32.2. The second kappa shape index (κ2) is 7.63. The molecule has 0 aliphatic heterocycles. The first-order valence-corrected chi connectivity index (χ1v) is 10.8. The Labute approximate surface area is 161 Å². The first kappa shape index (κ1) is 19.3. The van der Waals surface area contributed by atoms with Gasteiger partial charge in [0.05, 0.1) is 16.5 Å². The smallest absolute Gasteiger partial charge is 0.268 e. The molecule has 2 heterocycles. The van der Waals surface area contributed by atoms with E-state index in [1.54, 1.807) is 40.2 Å². The van der Waals surface area contributed by atoms with Crippen LogP contribution in [0.3, 0.4) is 0 Å². The van der Waals surface area contributed by atoms with Crippen LogP contribution in [-0.4, -0.2) is 23.9 Å². The van der Waals surface area contributed by atoms with Gasteiger partial charge in [-0.2, -0.15) is 0 Å². The molecule has 0 saturated carbocycles. The minimum Gasteiger partial charge on any atom is -0.347 e. The van der Waals surface area contributed by atoms with Gasteiger partial charge in [-0.3, -0.25) is 4.79 Å². The topological polar surface area (TPSA) is 107 Å². The third-order valence-corrected chi connectivity index (χ3v) is 5.51. The summed E-state index contributed by atoms with van der Waals surface area (Å²) in [5.41, 5.74) is 3.78. The number of nitrogens with zero attached hydrogens (tertiary/aromatic N) is 2. The van der Waals surface area contributed by atoms with Crippen LogP contribution >= 0.6 is 11.3 Å². The summed E-state index contributed by atoms with van der Waals surface area (Å²) in [7, 11) is -1.73. The maximum atomic E-state index is 12.5. The Balaban J connectivity index is 1.65. The Morgan fingerprint density at radius 1 is 1.26 bits per heavy atom. The number of hydrogen-bond acceptors (Lipinski definition) is 5. The van der Waals surface area contributed by atoms with Crippen molar-refractivity contribution in [2.75, 3.05) is 0 Å². The molecule has 7 nitrogen and oxygen atoms in total. The lowest BCUT2D eigenvalue weighted by atomic mass is 10.1. The van der Waals surface area contributed by atoms with Gasteiger partial charge in [0, 0.05) is 30.7 Å². The van der Waals surface area contributed by atoms with Crippen molar-refractivity contribution in [3.63, 3.8) is 0 Å². The van der Waals surface area contributed by atoms with Gasteiger partial charge in [-0.05, 0) is 24.1 Å². The van der Waals surface area contributed by atoms with Crippen molar-refractivity contribution < 1.29 is 13.2 Å². The Hall–Kier alpha value is -2.49. The number of nitrogens with one attached hydrogen (secondary N) is 1. The normalized spacial score (nSPS) is 11.5. The molecule has 2 aromatic heterocycles. The fraction of sp³-hybridized carbons (Fsp3) is 0.222. The average molecular weight is 405 g/mol. The molecule has 0 aliphatic carbocycles. The molecule has 142 valence electrons. The molecule has 0 spiro atoms. The molecule has 3 rings (SSSR count). The highest BCUT2D eigenvalue weighted by Crippen LogP contribution is 2.23. The number of nitrogens with two attached hydrogens (primary N) is 1. The molecule has 0 radical (unpaired) electrons. The predicted octanol–water partition coefficient (Wildman–Crippen LogP) is 2.18. The van der Waals surface area contributed by atoms with Crippen molar-refractivity contribution in [1.29, 1.82) is 0 Å². The van der Waals surface area contributed by atoms with Crippen LogP contribution < -0.4 is 10.5 Å². The van der Waals surface area contributed by atoms with Crippen molar-refractivity contribution in [3.8, 4) is 11.3 Å². The highest BCUT2D eigenvalue weighted by Gasteiger charge is 2.14. The maximum Gasteiger partial charge on any atom is 0.268 e. The third kappa shape index (κ3) is 5.03. The zero-order valence-corrected chi connectivity index (χ0v) is 16.6. The van der Waals surface area contributed by atoms with Crippen LogP contribution in [0.25, 0.3) is 11.3 Å². The largest absolute Gasteiger partial charge is 0.347 e. The molecule has 9 heteroatoms. The number of carbonyl (C=O) groups is 1. The minimum atomic E-state index is -3.55. The van der Waals surface area contributed by atoms with E-state index in [4.69, 9.17) is 5.14 Å². The van der Waals surface area contributed by atoms with E-state index in [1.807, 2.05) is 31.6 Å². The number of sulfonamides is 1. The second-order valence-electron chi connectivity index (χ2n) is 6.28. The lowest BCUT2D eigenvalue weighted by molar-refractivity contribution is 0.0943. The molecule has 0 atom stereocenters. The summed E-state index contributed by atoms with van der Waals surface area (Å²) < 4.78 is 24.0. The minimum absolute atomic E-state index is 0.190. The number of hydrogen-bond donors (Lipinski definition) is 2. The van der Waals surface area contributed by atoms with E-state index in [0.29, 0.717) is 17.8 Å². The number of aryl methyl sites for hydroxylation is 2. The van der Waals surface area contributed by atoms with Gasteiger partial charge in [0.1, 0.15) is 5.69 Å². The zero-order valence-electron chi connectivity index (χ0n) is 15.0. The van der Waals surface area contributed by atoms with Gasteiger partial charge in [-0.25, -0.2) is 18.5 Å². The zero-order chi connectivity index (χ0) is 19.6. The summed E-state index contributed by atoms with van der Waals surface area (Å²) in [6.45, 7) is 2.28. The Bertz CT molecular complexity index is 1070. The first-order valence-electron chi connectivity index (χ1n) is 8.16. The van der Waals surface area contributed by atoms with Gasteiger partial charge >= 0.3 is 0 Å². The molecule has 0 saturated heterocycles. The van der Waals surface area contributed by atoms with Crippen molar-refractivity contribution in [3.05, 3.63) is 63.7 Å². The summed E-state index contributed by atoms with van der Waals surface area (Å²) in [6.07, 6.45) is 1.88. The van der Waals surface area contributed by atoms with E-state index in [2.05, 4.69) is 10.3 Å². The summed E-state index contributed by atoms with van der Waals surface area (Å²) in [5.74, 6) is -0.397. The van der Waals surface area contributed by atoms with Crippen LogP contribution in [0.2, 0.25) is 0 Å². The summed E-state index contributed by atoms with van der Waals surface area (Å²) in [5, 5.41) is 10.9.